The van der Waals surface area contributed by atoms with Gasteiger partial charge in [0, 0.05) is 0 Å². The molecule has 14 heavy (non-hydrogen) atoms. The van der Waals surface area contributed by atoms with E-state index in [1.807, 2.05) is 12.2 Å². The van der Waals surface area contributed by atoms with Crippen LogP contribution < -0.4 is 21.2 Å². The number of hydrogen-bond acceptors (Lipinski definition) is 2. The van der Waals surface area contributed by atoms with Crippen LogP contribution in [-0.2, 0) is 4.74 Å². The van der Waals surface area contributed by atoms with Gasteiger partial charge in [0.05, 0.1) is 0 Å². The Labute approximate surface area is 94.6 Å². The van der Waals surface area contributed by atoms with E-state index < -0.39 is 0 Å². The Morgan fingerprint density at radius 3 is 3.14 bits per heavy atom. The van der Waals surface area contributed by atoms with Crippen molar-refractivity contribution in [1.29, 1.82) is 0 Å². The first-order chi connectivity index (χ1) is 6.90. The summed E-state index contributed by atoms with van der Waals surface area (Å²) < 4.78 is 9.31. The van der Waals surface area contributed by atoms with Crippen molar-refractivity contribution in [3.63, 3.8) is 0 Å². The second-order valence-electron chi connectivity index (χ2n) is 3.35. The Balaban J connectivity index is 2.09. The van der Waals surface area contributed by atoms with Crippen molar-refractivity contribution < 1.29 is 31.0 Å². The molecule has 2 rings (SSSR count). The summed E-state index contributed by atoms with van der Waals surface area (Å²) in [7, 11) is 0. The zero-order valence-corrected chi connectivity index (χ0v) is 10.1. The predicted octanol–water partition coefficient (Wildman–Crippen LogP) is -1.42. The van der Waals surface area contributed by atoms with Crippen LogP contribution in [0, 0.1) is 0 Å². The summed E-state index contributed by atoms with van der Waals surface area (Å²) in [6.45, 7) is 1.04. The van der Waals surface area contributed by atoms with Gasteiger partial charge in [-0.2, -0.15) is 0 Å². The molecular formula is C11H14IO2-. The molecule has 0 bridgehead atoms. The number of rotatable bonds is 2. The molecule has 2 aliphatic heterocycles. The molecule has 0 radical (unpaired) electrons. The van der Waals surface area contributed by atoms with E-state index in [1.165, 1.54) is 16.4 Å². The molecule has 1 N–H and O–H groups in total. The van der Waals surface area contributed by atoms with Gasteiger partial charge in [-0.15, -0.1) is 0 Å². The molecule has 0 aromatic heterocycles. The fourth-order valence-corrected chi connectivity index (χ4v) is 3.88. The number of aliphatic hydroxyl groups is 1. The van der Waals surface area contributed by atoms with Crippen molar-refractivity contribution in [1.82, 2.24) is 0 Å². The second-order valence-corrected chi connectivity index (χ2v) is 5.94. The fourth-order valence-electron chi connectivity index (χ4n) is 1.54. The number of allylic oxidation sites excluding steroid dienone is 2. The maximum absolute atomic E-state index is 9.00. The van der Waals surface area contributed by atoms with E-state index in [9.17, 15) is 0 Å². The molecular weight excluding hydrogens is 291 g/mol. The van der Waals surface area contributed by atoms with Crippen LogP contribution in [0.15, 0.2) is 31.5 Å². The molecule has 1 saturated heterocycles. The van der Waals surface area contributed by atoms with Crippen molar-refractivity contribution >= 4 is 0 Å². The zero-order valence-electron chi connectivity index (χ0n) is 7.95. The summed E-state index contributed by atoms with van der Waals surface area (Å²) in [5.74, 6) is 0. The molecule has 1 fully saturated rings. The van der Waals surface area contributed by atoms with Crippen LogP contribution in [0.2, 0.25) is 0 Å². The minimum atomic E-state index is -0.0326. The molecule has 2 nitrogen and oxygen atoms in total. The van der Waals surface area contributed by atoms with E-state index >= 15 is 0 Å². The third-order valence-corrected chi connectivity index (χ3v) is 4.84. The average Bonchev–Trinajstić information content (AvgIpc) is 2.63. The normalized spacial score (nSPS) is 27.6. The first-order valence-electron chi connectivity index (χ1n) is 4.83. The quantitative estimate of drug-likeness (QED) is 0.635. The van der Waals surface area contributed by atoms with Gasteiger partial charge in [-0.05, 0) is 0 Å². The maximum atomic E-state index is 9.00. The van der Waals surface area contributed by atoms with Crippen LogP contribution in [0.5, 0.6) is 0 Å². The third-order valence-electron chi connectivity index (χ3n) is 2.34. The van der Waals surface area contributed by atoms with Gasteiger partial charge in [-0.3, -0.25) is 0 Å². The minimum absolute atomic E-state index is 0.0326. The van der Waals surface area contributed by atoms with E-state index in [-0.39, 0.29) is 27.8 Å². The molecule has 0 aromatic carbocycles. The molecule has 1 atom stereocenters. The zero-order chi connectivity index (χ0) is 9.80. The molecule has 1 unspecified atom stereocenters. The summed E-state index contributed by atoms with van der Waals surface area (Å²) >= 11 is -0.0326. The molecule has 0 amide bonds. The summed E-state index contributed by atoms with van der Waals surface area (Å²) in [6.07, 6.45) is 8.91. The number of hydrogen-bond donors (Lipinski definition) is 1. The topological polar surface area (TPSA) is 29.5 Å². The van der Waals surface area contributed by atoms with Gasteiger partial charge in [0.2, 0.25) is 0 Å². The average molecular weight is 305 g/mol. The number of aliphatic hydroxyl groups excluding tert-OH is 1. The summed E-state index contributed by atoms with van der Waals surface area (Å²) in [5.41, 5.74) is 0.998. The van der Waals surface area contributed by atoms with Gasteiger partial charge < -0.3 is 0 Å². The van der Waals surface area contributed by atoms with Crippen LogP contribution in [0.1, 0.15) is 12.8 Å². The monoisotopic (exact) mass is 305 g/mol. The molecule has 2 aliphatic rings. The van der Waals surface area contributed by atoms with E-state index in [4.69, 9.17) is 9.84 Å². The third kappa shape index (κ3) is 2.46. The molecule has 3 heteroatoms. The van der Waals surface area contributed by atoms with Crippen LogP contribution >= 0.6 is 0 Å². The van der Waals surface area contributed by atoms with Gasteiger partial charge in [0.1, 0.15) is 0 Å². The molecule has 0 saturated carbocycles. The summed E-state index contributed by atoms with van der Waals surface area (Å²) in [6, 6.07) is 0. The standard InChI is InChI=1S/C11H14IO2/c13-8-9-3-4-10(12-6-5-9)11-2-1-7-14-11/h3-6,11,13H,1-2,7-8H2/q-1. The van der Waals surface area contributed by atoms with E-state index in [0.717, 1.165) is 12.2 Å². The van der Waals surface area contributed by atoms with Gasteiger partial charge >= 0.3 is 94.7 Å². The summed E-state index contributed by atoms with van der Waals surface area (Å²) in [5, 5.41) is 9.00. The Hall–Kier alpha value is -0.130. The van der Waals surface area contributed by atoms with Crippen LogP contribution in [0.4, 0.5) is 0 Å². The van der Waals surface area contributed by atoms with Crippen molar-refractivity contribution in [2.24, 2.45) is 0 Å². The Morgan fingerprint density at radius 1 is 1.50 bits per heavy atom. The molecule has 78 valence electrons. The van der Waals surface area contributed by atoms with Crippen LogP contribution in [-0.4, -0.2) is 24.4 Å². The first-order valence-corrected chi connectivity index (χ1v) is 7.16. The molecule has 0 aliphatic carbocycles. The van der Waals surface area contributed by atoms with Gasteiger partial charge in [-0.1, -0.05) is 0 Å². The van der Waals surface area contributed by atoms with Crippen LogP contribution in [0.3, 0.4) is 0 Å². The van der Waals surface area contributed by atoms with E-state index in [1.54, 1.807) is 0 Å². The first kappa shape index (κ1) is 10.4. The molecule has 0 spiro atoms. The molecule has 2 heterocycles. The van der Waals surface area contributed by atoms with E-state index in [0.29, 0.717) is 6.10 Å². The van der Waals surface area contributed by atoms with Gasteiger partial charge in [-0.25, -0.2) is 0 Å². The van der Waals surface area contributed by atoms with Gasteiger partial charge in [0.15, 0.2) is 0 Å². The van der Waals surface area contributed by atoms with Crippen molar-refractivity contribution in [3.05, 3.63) is 31.5 Å². The Bertz CT molecular complexity index is 286. The predicted molar refractivity (Wildman–Crippen MR) is 51.4 cm³/mol. The van der Waals surface area contributed by atoms with Crippen LogP contribution in [0.25, 0.3) is 0 Å². The van der Waals surface area contributed by atoms with E-state index in [2.05, 4.69) is 10.2 Å². The SMILES string of the molecule is OCC1=CC=C(C2CCCO2)[I-]C=C1. The fraction of sp³-hybridized carbons (Fsp3) is 0.455. The molecule has 0 aromatic rings. The van der Waals surface area contributed by atoms with Gasteiger partial charge in [0.25, 0.3) is 0 Å². The number of halogens is 1. The Morgan fingerprint density at radius 2 is 2.43 bits per heavy atom. The Kier molecular flexibility index (Phi) is 3.78. The van der Waals surface area contributed by atoms with Crippen molar-refractivity contribution in [2.75, 3.05) is 13.2 Å². The number of ether oxygens (including phenoxy) is 1. The van der Waals surface area contributed by atoms with Crippen molar-refractivity contribution in [3.8, 4) is 0 Å². The summed E-state index contributed by atoms with van der Waals surface area (Å²) in [4.78, 5) is 0. The van der Waals surface area contributed by atoms with Crippen molar-refractivity contribution in [2.45, 2.75) is 18.9 Å². The second kappa shape index (κ2) is 5.09.